The van der Waals surface area contributed by atoms with Crippen molar-refractivity contribution in [2.45, 2.75) is 44.3 Å². The van der Waals surface area contributed by atoms with Crippen LogP contribution in [0.25, 0.3) is 0 Å². The van der Waals surface area contributed by atoms with Crippen LogP contribution in [0, 0.1) is 11.6 Å². The van der Waals surface area contributed by atoms with Crippen molar-refractivity contribution in [2.75, 3.05) is 6.61 Å². The summed E-state index contributed by atoms with van der Waals surface area (Å²) < 4.78 is 32.7. The van der Waals surface area contributed by atoms with Gasteiger partial charge in [-0.05, 0) is 32.4 Å². The third-order valence-corrected chi connectivity index (χ3v) is 3.38. The molecule has 0 aromatic heterocycles. The van der Waals surface area contributed by atoms with Crippen molar-refractivity contribution >= 4 is 0 Å². The average molecular weight is 256 g/mol. The molecule has 1 aromatic carbocycles. The molecule has 1 fully saturated rings. The van der Waals surface area contributed by atoms with E-state index in [1.807, 2.05) is 13.8 Å². The summed E-state index contributed by atoms with van der Waals surface area (Å²) in [5.74, 6) is -1.21. The number of hydrogen-bond donors (Lipinski definition) is 1. The molecule has 0 spiro atoms. The quantitative estimate of drug-likeness (QED) is 0.881. The summed E-state index contributed by atoms with van der Waals surface area (Å²) in [6, 6.07) is 3.75. The normalized spacial score (nSPS) is 27.2. The monoisotopic (exact) mass is 256 g/mol. The van der Waals surface area contributed by atoms with Gasteiger partial charge in [-0.15, -0.1) is 0 Å². The van der Waals surface area contributed by atoms with E-state index < -0.39 is 22.8 Å². The van der Waals surface area contributed by atoms with Gasteiger partial charge in [-0.25, -0.2) is 8.78 Å². The van der Waals surface area contributed by atoms with Gasteiger partial charge in [-0.3, -0.25) is 0 Å². The smallest absolute Gasteiger partial charge is 0.129 e. The zero-order valence-corrected chi connectivity index (χ0v) is 10.7. The van der Waals surface area contributed by atoms with Crippen molar-refractivity contribution in [3.05, 3.63) is 35.4 Å². The van der Waals surface area contributed by atoms with Gasteiger partial charge in [-0.1, -0.05) is 6.07 Å². The highest BCUT2D eigenvalue weighted by molar-refractivity contribution is 5.22. The van der Waals surface area contributed by atoms with E-state index in [4.69, 9.17) is 4.74 Å². The largest absolute Gasteiger partial charge is 0.389 e. The molecule has 1 unspecified atom stereocenters. The summed E-state index contributed by atoms with van der Waals surface area (Å²) in [5, 5.41) is 10.5. The molecular weight excluding hydrogens is 238 g/mol. The van der Waals surface area contributed by atoms with Gasteiger partial charge in [0.2, 0.25) is 0 Å². The second-order valence-electron chi connectivity index (χ2n) is 5.64. The Bertz CT molecular complexity index is 425. The third-order valence-electron chi connectivity index (χ3n) is 3.38. The third kappa shape index (κ3) is 2.87. The van der Waals surface area contributed by atoms with Gasteiger partial charge in [0.25, 0.3) is 0 Å². The maximum atomic E-state index is 13.6. The van der Waals surface area contributed by atoms with E-state index in [1.165, 1.54) is 18.2 Å². The van der Waals surface area contributed by atoms with Crippen LogP contribution in [0.3, 0.4) is 0 Å². The molecule has 100 valence electrons. The van der Waals surface area contributed by atoms with Crippen LogP contribution in [-0.4, -0.2) is 22.9 Å². The van der Waals surface area contributed by atoms with Gasteiger partial charge in [0.1, 0.15) is 11.6 Å². The molecule has 2 rings (SSSR count). The topological polar surface area (TPSA) is 29.5 Å². The molecule has 1 saturated heterocycles. The van der Waals surface area contributed by atoms with Crippen LogP contribution in [0.2, 0.25) is 0 Å². The Morgan fingerprint density at radius 3 is 2.44 bits per heavy atom. The number of rotatable bonds is 2. The zero-order chi connectivity index (χ0) is 13.4. The first-order chi connectivity index (χ1) is 8.31. The average Bonchev–Trinajstić information content (AvgIpc) is 2.22. The maximum absolute atomic E-state index is 13.6. The predicted octanol–water partition coefficient (Wildman–Crippen LogP) is 2.83. The van der Waals surface area contributed by atoms with Gasteiger partial charge in [-0.2, -0.15) is 0 Å². The molecule has 0 aliphatic carbocycles. The Balaban J connectivity index is 2.22. The van der Waals surface area contributed by atoms with E-state index in [0.29, 0.717) is 19.4 Å². The summed E-state index contributed by atoms with van der Waals surface area (Å²) in [5.41, 5.74) is -1.61. The summed E-state index contributed by atoms with van der Waals surface area (Å²) in [6.07, 6.45) is 0.746. The standard InChI is InChI=1S/C14H18F2O2/c1-13(2)9-14(17,6-7-18-13)8-10-11(15)4-3-5-12(10)16/h3-5,17H,6-9H2,1-2H3. The summed E-state index contributed by atoms with van der Waals surface area (Å²) in [4.78, 5) is 0. The lowest BCUT2D eigenvalue weighted by molar-refractivity contribution is -0.143. The van der Waals surface area contributed by atoms with E-state index in [2.05, 4.69) is 0 Å². The van der Waals surface area contributed by atoms with Crippen LogP contribution in [0.15, 0.2) is 18.2 Å². The molecule has 1 N–H and O–H groups in total. The Morgan fingerprint density at radius 1 is 1.28 bits per heavy atom. The lowest BCUT2D eigenvalue weighted by atomic mass is 9.80. The molecule has 18 heavy (non-hydrogen) atoms. The number of benzene rings is 1. The first kappa shape index (κ1) is 13.4. The molecule has 1 aliphatic heterocycles. The lowest BCUT2D eigenvalue weighted by Gasteiger charge is -2.41. The highest BCUT2D eigenvalue weighted by atomic mass is 19.1. The fourth-order valence-corrected chi connectivity index (χ4v) is 2.63. The molecule has 0 amide bonds. The highest BCUT2D eigenvalue weighted by Crippen LogP contribution is 2.35. The Hall–Kier alpha value is -1.00. The second-order valence-corrected chi connectivity index (χ2v) is 5.64. The molecule has 2 nitrogen and oxygen atoms in total. The number of aliphatic hydroxyl groups is 1. The van der Waals surface area contributed by atoms with Gasteiger partial charge in [0.15, 0.2) is 0 Å². The van der Waals surface area contributed by atoms with E-state index >= 15 is 0 Å². The van der Waals surface area contributed by atoms with Crippen molar-refractivity contribution in [3.63, 3.8) is 0 Å². The minimum absolute atomic E-state index is 0.0156. The van der Waals surface area contributed by atoms with Gasteiger partial charge >= 0.3 is 0 Å². The van der Waals surface area contributed by atoms with Gasteiger partial charge in [0.05, 0.1) is 17.8 Å². The Labute approximate surface area is 106 Å². The maximum Gasteiger partial charge on any atom is 0.129 e. The van der Waals surface area contributed by atoms with Crippen LogP contribution >= 0.6 is 0 Å². The first-order valence-electron chi connectivity index (χ1n) is 6.11. The first-order valence-corrected chi connectivity index (χ1v) is 6.11. The van der Waals surface area contributed by atoms with Gasteiger partial charge < -0.3 is 9.84 Å². The van der Waals surface area contributed by atoms with Crippen molar-refractivity contribution < 1.29 is 18.6 Å². The minimum Gasteiger partial charge on any atom is -0.389 e. The van der Waals surface area contributed by atoms with Crippen LogP contribution in [0.1, 0.15) is 32.3 Å². The highest BCUT2D eigenvalue weighted by Gasteiger charge is 2.40. The van der Waals surface area contributed by atoms with Crippen LogP contribution in [-0.2, 0) is 11.2 Å². The zero-order valence-electron chi connectivity index (χ0n) is 10.7. The number of halogens is 2. The SMILES string of the molecule is CC1(C)CC(O)(Cc2c(F)cccc2F)CCO1. The van der Waals surface area contributed by atoms with Crippen molar-refractivity contribution in [2.24, 2.45) is 0 Å². The van der Waals surface area contributed by atoms with E-state index in [1.54, 1.807) is 0 Å². The molecule has 1 heterocycles. The Morgan fingerprint density at radius 2 is 1.89 bits per heavy atom. The predicted molar refractivity (Wildman–Crippen MR) is 64.3 cm³/mol. The lowest BCUT2D eigenvalue weighted by Crippen LogP contribution is -2.47. The Kier molecular flexibility index (Phi) is 3.43. The minimum atomic E-state index is -1.11. The fraction of sp³-hybridized carbons (Fsp3) is 0.571. The van der Waals surface area contributed by atoms with Gasteiger partial charge in [0, 0.05) is 18.4 Å². The molecule has 0 radical (unpaired) electrons. The molecular formula is C14H18F2O2. The van der Waals surface area contributed by atoms with E-state index in [0.717, 1.165) is 0 Å². The molecule has 0 bridgehead atoms. The summed E-state index contributed by atoms with van der Waals surface area (Å²) >= 11 is 0. The molecule has 0 saturated carbocycles. The van der Waals surface area contributed by atoms with Crippen LogP contribution < -0.4 is 0 Å². The molecule has 1 aromatic rings. The summed E-state index contributed by atoms with van der Waals surface area (Å²) in [6.45, 7) is 4.14. The number of ether oxygens (including phenoxy) is 1. The van der Waals surface area contributed by atoms with Crippen LogP contribution in [0.4, 0.5) is 8.78 Å². The van der Waals surface area contributed by atoms with Crippen molar-refractivity contribution in [3.8, 4) is 0 Å². The van der Waals surface area contributed by atoms with Crippen molar-refractivity contribution in [1.29, 1.82) is 0 Å². The van der Waals surface area contributed by atoms with E-state index in [9.17, 15) is 13.9 Å². The molecule has 1 aliphatic rings. The van der Waals surface area contributed by atoms with Crippen LogP contribution in [0.5, 0.6) is 0 Å². The van der Waals surface area contributed by atoms with Crippen molar-refractivity contribution in [1.82, 2.24) is 0 Å². The second kappa shape index (κ2) is 4.59. The van der Waals surface area contributed by atoms with E-state index in [-0.39, 0.29) is 12.0 Å². The molecule has 4 heteroatoms. The fourth-order valence-electron chi connectivity index (χ4n) is 2.63. The number of hydrogen-bond acceptors (Lipinski definition) is 2. The summed E-state index contributed by atoms with van der Waals surface area (Å²) in [7, 11) is 0. The molecule has 1 atom stereocenters.